The Morgan fingerprint density at radius 3 is 2.42 bits per heavy atom. The molecule has 1 aliphatic carbocycles. The first kappa shape index (κ1) is 25.9. The van der Waals surface area contributed by atoms with Crippen LogP contribution in [0.1, 0.15) is 44.6 Å². The van der Waals surface area contributed by atoms with Crippen molar-refractivity contribution in [2.75, 3.05) is 19.9 Å². The Labute approximate surface area is 199 Å². The molecule has 1 heterocycles. The lowest BCUT2D eigenvalue weighted by molar-refractivity contribution is -0.136. The van der Waals surface area contributed by atoms with Crippen molar-refractivity contribution in [3.63, 3.8) is 0 Å². The first-order chi connectivity index (χ1) is 15.5. The third-order valence-electron chi connectivity index (χ3n) is 6.90. The lowest BCUT2D eigenvalue weighted by atomic mass is 9.67. The smallest absolute Gasteiger partial charge is 0.326 e. The first-order valence-corrected chi connectivity index (χ1v) is 15.8. The molecule has 0 bridgehead atoms. The van der Waals surface area contributed by atoms with E-state index in [0.717, 1.165) is 37.3 Å². The molecule has 184 valence electrons. The van der Waals surface area contributed by atoms with Gasteiger partial charge in [0.25, 0.3) is 5.91 Å². The van der Waals surface area contributed by atoms with Gasteiger partial charge in [0.1, 0.15) is 12.3 Å². The molecule has 33 heavy (non-hydrogen) atoms. The van der Waals surface area contributed by atoms with Gasteiger partial charge in [-0.1, -0.05) is 50.0 Å². The molecule has 0 radical (unpaired) electrons. The quantitative estimate of drug-likeness (QED) is 0.285. The van der Waals surface area contributed by atoms with Crippen molar-refractivity contribution >= 4 is 20.0 Å². The minimum atomic E-state index is -1.23. The van der Waals surface area contributed by atoms with Crippen LogP contribution in [0.5, 0.6) is 0 Å². The summed E-state index contributed by atoms with van der Waals surface area (Å²) in [7, 11) is -1.23. The zero-order chi connectivity index (χ0) is 24.1. The highest BCUT2D eigenvalue weighted by molar-refractivity contribution is 6.76. The molecule has 1 saturated heterocycles. The van der Waals surface area contributed by atoms with Gasteiger partial charge in [0, 0.05) is 20.7 Å². The first-order valence-electron chi connectivity index (χ1n) is 12.1. The van der Waals surface area contributed by atoms with Crippen molar-refractivity contribution in [2.45, 2.75) is 82.9 Å². The number of rotatable bonds is 11. The van der Waals surface area contributed by atoms with E-state index in [1.165, 1.54) is 4.90 Å². The normalized spacial score (nSPS) is 28.3. The molecule has 0 unspecified atom stereocenters. The fraction of sp³-hybridized carbons (Fsp3) is 0.680. The highest BCUT2D eigenvalue weighted by Gasteiger charge is 2.52. The van der Waals surface area contributed by atoms with Crippen molar-refractivity contribution < 1.29 is 19.1 Å². The number of imide groups is 1. The maximum atomic E-state index is 13.3. The summed E-state index contributed by atoms with van der Waals surface area (Å²) in [6.07, 6.45) is 4.10. The van der Waals surface area contributed by atoms with E-state index in [9.17, 15) is 9.59 Å². The van der Waals surface area contributed by atoms with Crippen LogP contribution in [0.2, 0.25) is 25.7 Å². The predicted octanol–water partition coefficient (Wildman–Crippen LogP) is 4.10. The number of nitrogens with zero attached hydrogens (tertiary/aromatic N) is 1. The maximum Gasteiger partial charge on any atom is 0.326 e. The van der Waals surface area contributed by atoms with E-state index in [4.69, 9.17) is 15.2 Å². The Morgan fingerprint density at radius 1 is 1.12 bits per heavy atom. The Kier molecular flexibility index (Phi) is 8.37. The van der Waals surface area contributed by atoms with Crippen LogP contribution >= 0.6 is 0 Å². The molecule has 7 nitrogen and oxygen atoms in total. The van der Waals surface area contributed by atoms with Gasteiger partial charge in [-0.05, 0) is 56.1 Å². The maximum absolute atomic E-state index is 13.3. The second-order valence-electron chi connectivity index (χ2n) is 11.3. The van der Waals surface area contributed by atoms with E-state index in [1.54, 1.807) is 0 Å². The zero-order valence-corrected chi connectivity index (χ0v) is 21.7. The van der Waals surface area contributed by atoms with Crippen LogP contribution in [0.25, 0.3) is 0 Å². The monoisotopic (exact) mass is 475 g/mol. The molecule has 1 saturated carbocycles. The Hall–Kier alpha value is -1.74. The third kappa shape index (κ3) is 7.12. The molecule has 1 aromatic rings. The minimum absolute atomic E-state index is 0.00706. The van der Waals surface area contributed by atoms with E-state index >= 15 is 0 Å². The van der Waals surface area contributed by atoms with Gasteiger partial charge >= 0.3 is 6.03 Å². The lowest BCUT2D eigenvalue weighted by Crippen LogP contribution is -2.51. The predicted molar refractivity (Wildman–Crippen MR) is 132 cm³/mol. The average molecular weight is 476 g/mol. The number of hydrogen-bond acceptors (Lipinski definition) is 5. The van der Waals surface area contributed by atoms with E-state index in [1.807, 2.05) is 37.3 Å². The highest BCUT2D eigenvalue weighted by Crippen LogP contribution is 2.44. The number of carbonyl (C=O) groups excluding carboxylic acids is 2. The summed E-state index contributed by atoms with van der Waals surface area (Å²) in [5.41, 5.74) is 6.15. The van der Waals surface area contributed by atoms with Crippen molar-refractivity contribution in [3.8, 4) is 0 Å². The summed E-state index contributed by atoms with van der Waals surface area (Å²) in [4.78, 5) is 27.2. The van der Waals surface area contributed by atoms with Crippen LogP contribution in [0.4, 0.5) is 4.79 Å². The van der Waals surface area contributed by atoms with Gasteiger partial charge < -0.3 is 20.5 Å². The fourth-order valence-electron chi connectivity index (χ4n) is 4.85. The van der Waals surface area contributed by atoms with Gasteiger partial charge in [-0.25, -0.2) is 9.69 Å². The molecule has 1 aliphatic heterocycles. The van der Waals surface area contributed by atoms with E-state index in [2.05, 4.69) is 25.0 Å². The largest absolute Gasteiger partial charge is 0.376 e. The average Bonchev–Trinajstić information content (AvgIpc) is 2.95. The summed E-state index contributed by atoms with van der Waals surface area (Å²) in [5.74, 6) is -0.210. The van der Waals surface area contributed by atoms with Gasteiger partial charge in [-0.3, -0.25) is 4.79 Å². The second kappa shape index (κ2) is 10.7. The molecule has 8 heteroatoms. The minimum Gasteiger partial charge on any atom is -0.376 e. The molecule has 3 rings (SSSR count). The molecular formula is C25H41N3O4Si. The zero-order valence-electron chi connectivity index (χ0n) is 20.7. The van der Waals surface area contributed by atoms with E-state index in [0.29, 0.717) is 26.2 Å². The second-order valence-corrected chi connectivity index (χ2v) is 17.0. The van der Waals surface area contributed by atoms with Crippen LogP contribution in [0, 0.1) is 5.41 Å². The van der Waals surface area contributed by atoms with Gasteiger partial charge in [0.15, 0.2) is 0 Å². The molecule has 3 amide bonds. The van der Waals surface area contributed by atoms with Gasteiger partial charge in [-0.2, -0.15) is 0 Å². The Bertz CT molecular complexity index is 806. The number of ether oxygens (including phenoxy) is 2. The summed E-state index contributed by atoms with van der Waals surface area (Å²) in [6, 6.07) is 10.9. The van der Waals surface area contributed by atoms with Crippen molar-refractivity contribution in [1.82, 2.24) is 10.2 Å². The van der Waals surface area contributed by atoms with E-state index < -0.39 is 13.6 Å². The fourth-order valence-corrected chi connectivity index (χ4v) is 5.61. The van der Waals surface area contributed by atoms with Crippen molar-refractivity contribution in [1.29, 1.82) is 0 Å². The van der Waals surface area contributed by atoms with Crippen molar-refractivity contribution in [3.05, 3.63) is 35.9 Å². The van der Waals surface area contributed by atoms with Gasteiger partial charge in [0.2, 0.25) is 0 Å². The van der Waals surface area contributed by atoms with Crippen LogP contribution in [-0.4, -0.2) is 56.4 Å². The summed E-state index contributed by atoms with van der Waals surface area (Å²) >= 11 is 0. The summed E-state index contributed by atoms with van der Waals surface area (Å²) in [6.45, 7) is 10.3. The molecule has 3 N–H and O–H groups in total. The highest BCUT2D eigenvalue weighted by atomic mass is 28.3. The molecule has 1 atom stereocenters. The number of hydrogen-bond donors (Lipinski definition) is 2. The lowest BCUT2D eigenvalue weighted by Gasteiger charge is -2.43. The molecule has 2 fully saturated rings. The molecule has 0 spiro atoms. The molecule has 2 aliphatic rings. The molecule has 1 aromatic carbocycles. The number of nitrogens with one attached hydrogen (secondary N) is 1. The summed E-state index contributed by atoms with van der Waals surface area (Å²) < 4.78 is 11.9. The standard InChI is InChI=1S/C25H41N3O4Si/c1-24(22(29)28(23(30)27-24)19-31-14-15-33(2,3)4)17-25(12-10-21(26)11-13-25)18-32-16-20-8-6-5-7-9-20/h5-9,21H,10-19,26H2,1-4H3,(H,27,30)/t21?,24-,25?/m0/s1. The molecular weight excluding hydrogens is 434 g/mol. The number of urea groups is 1. The van der Waals surface area contributed by atoms with Crippen LogP contribution < -0.4 is 11.1 Å². The summed E-state index contributed by atoms with van der Waals surface area (Å²) in [5, 5.41) is 2.96. The van der Waals surface area contributed by atoms with Crippen LogP contribution in [0.15, 0.2) is 30.3 Å². The topological polar surface area (TPSA) is 93.9 Å². The Morgan fingerprint density at radius 2 is 1.79 bits per heavy atom. The van der Waals surface area contributed by atoms with E-state index in [-0.39, 0.29) is 30.1 Å². The van der Waals surface area contributed by atoms with Gasteiger partial charge in [0.05, 0.1) is 13.2 Å². The SMILES string of the molecule is C[C@@]1(CC2(COCc3ccccc3)CCC(N)CC2)NC(=O)N(COCC[Si](C)(C)C)C1=O. The molecule has 0 aromatic heterocycles. The number of carbonyl (C=O) groups is 2. The number of amides is 3. The van der Waals surface area contributed by atoms with Crippen LogP contribution in [-0.2, 0) is 20.9 Å². The van der Waals surface area contributed by atoms with Crippen LogP contribution in [0.3, 0.4) is 0 Å². The third-order valence-corrected chi connectivity index (χ3v) is 8.61. The number of benzene rings is 1. The number of nitrogens with two attached hydrogens (primary N) is 1. The van der Waals surface area contributed by atoms with Crippen molar-refractivity contribution in [2.24, 2.45) is 11.1 Å². The Balaban J connectivity index is 1.63. The van der Waals surface area contributed by atoms with Gasteiger partial charge in [-0.15, -0.1) is 0 Å².